The van der Waals surface area contributed by atoms with Gasteiger partial charge in [-0.15, -0.1) is 0 Å². The molecule has 1 fully saturated rings. The van der Waals surface area contributed by atoms with Crippen LogP contribution in [0.2, 0.25) is 0 Å². The Morgan fingerprint density at radius 2 is 2.41 bits per heavy atom. The lowest BCUT2D eigenvalue weighted by molar-refractivity contribution is -0.143. The van der Waals surface area contributed by atoms with Gasteiger partial charge in [-0.3, -0.25) is 9.89 Å². The topological polar surface area (TPSA) is 98.3 Å². The number of carbonyl (C=O) groups is 2. The number of anilines is 1. The molecule has 1 atom stereocenters. The monoisotopic (exact) mass is 238 g/mol. The molecule has 2 heterocycles. The van der Waals surface area contributed by atoms with Gasteiger partial charge < -0.3 is 15.3 Å². The Morgan fingerprint density at radius 3 is 3.06 bits per heavy atom. The van der Waals surface area contributed by atoms with Crippen molar-refractivity contribution in [2.75, 3.05) is 18.4 Å². The molecule has 0 unspecified atom stereocenters. The van der Waals surface area contributed by atoms with Crippen LogP contribution in [-0.2, 0) is 4.79 Å². The quantitative estimate of drug-likeness (QED) is 0.707. The molecule has 0 bridgehead atoms. The van der Waals surface area contributed by atoms with Crippen molar-refractivity contribution in [3.63, 3.8) is 0 Å². The first-order chi connectivity index (χ1) is 8.16. The van der Waals surface area contributed by atoms with E-state index in [0.717, 1.165) is 6.42 Å². The third-order valence-corrected chi connectivity index (χ3v) is 2.81. The predicted molar refractivity (Wildman–Crippen MR) is 59.5 cm³/mol. The second-order valence-corrected chi connectivity index (χ2v) is 4.04. The summed E-state index contributed by atoms with van der Waals surface area (Å²) in [6.07, 6.45) is 4.41. The Kier molecular flexibility index (Phi) is 3.27. The van der Waals surface area contributed by atoms with Crippen LogP contribution in [0.15, 0.2) is 12.4 Å². The average Bonchev–Trinajstić information content (AvgIpc) is 2.82. The van der Waals surface area contributed by atoms with Crippen LogP contribution in [0, 0.1) is 5.92 Å². The Bertz CT molecular complexity index is 404. The fourth-order valence-electron chi connectivity index (χ4n) is 1.88. The second-order valence-electron chi connectivity index (χ2n) is 4.04. The van der Waals surface area contributed by atoms with Gasteiger partial charge in [0.15, 0.2) is 0 Å². The molecule has 7 heteroatoms. The molecule has 0 spiro atoms. The number of carboxylic acids is 1. The molecule has 1 aliphatic heterocycles. The van der Waals surface area contributed by atoms with E-state index in [1.807, 2.05) is 0 Å². The molecule has 92 valence electrons. The number of amides is 2. The van der Waals surface area contributed by atoms with Crippen LogP contribution in [0.25, 0.3) is 0 Å². The van der Waals surface area contributed by atoms with Gasteiger partial charge in [0.25, 0.3) is 0 Å². The number of hydrogen-bond donors (Lipinski definition) is 3. The summed E-state index contributed by atoms with van der Waals surface area (Å²) in [5.41, 5.74) is 0.576. The molecule has 0 aliphatic carbocycles. The number of H-pyrrole nitrogens is 1. The normalized spacial score (nSPS) is 20.0. The number of nitrogens with one attached hydrogen (secondary N) is 2. The molecule has 0 aromatic carbocycles. The van der Waals surface area contributed by atoms with Crippen molar-refractivity contribution in [2.24, 2.45) is 5.92 Å². The third kappa shape index (κ3) is 2.74. The van der Waals surface area contributed by atoms with E-state index in [4.69, 9.17) is 5.11 Å². The standard InChI is InChI=1S/C10H14N4O3/c15-9(16)7-2-1-3-14(6-7)10(17)13-8-4-11-12-5-8/h4-5,7H,1-3,6H2,(H,11,12)(H,13,17)(H,15,16)/t7-/m0/s1. The van der Waals surface area contributed by atoms with Crippen molar-refractivity contribution in [2.45, 2.75) is 12.8 Å². The molecular weight excluding hydrogens is 224 g/mol. The summed E-state index contributed by atoms with van der Waals surface area (Å²) >= 11 is 0. The fourth-order valence-corrected chi connectivity index (χ4v) is 1.88. The van der Waals surface area contributed by atoms with E-state index in [-0.39, 0.29) is 12.6 Å². The van der Waals surface area contributed by atoms with Crippen LogP contribution in [0.5, 0.6) is 0 Å². The number of rotatable bonds is 2. The first kappa shape index (κ1) is 11.4. The Hall–Kier alpha value is -2.05. The number of carbonyl (C=O) groups excluding carboxylic acids is 1. The summed E-state index contributed by atoms with van der Waals surface area (Å²) in [6, 6.07) is -0.280. The Labute approximate surface area is 97.8 Å². The van der Waals surface area contributed by atoms with Gasteiger partial charge in [-0.1, -0.05) is 0 Å². The van der Waals surface area contributed by atoms with Gasteiger partial charge in [0.05, 0.1) is 17.8 Å². The largest absolute Gasteiger partial charge is 0.481 e. The number of aliphatic carboxylic acids is 1. The van der Waals surface area contributed by atoms with Gasteiger partial charge in [-0.05, 0) is 12.8 Å². The van der Waals surface area contributed by atoms with Crippen LogP contribution >= 0.6 is 0 Å². The Balaban J connectivity index is 1.93. The zero-order valence-corrected chi connectivity index (χ0v) is 9.22. The molecule has 0 saturated carbocycles. The molecule has 7 nitrogen and oxygen atoms in total. The van der Waals surface area contributed by atoms with E-state index in [1.54, 1.807) is 6.20 Å². The lowest BCUT2D eigenvalue weighted by Gasteiger charge is -2.30. The van der Waals surface area contributed by atoms with Crippen LogP contribution in [0.3, 0.4) is 0 Å². The molecule has 1 aromatic heterocycles. The van der Waals surface area contributed by atoms with Crippen molar-refractivity contribution in [3.05, 3.63) is 12.4 Å². The van der Waals surface area contributed by atoms with Gasteiger partial charge in [0.2, 0.25) is 0 Å². The molecule has 17 heavy (non-hydrogen) atoms. The number of hydrogen-bond acceptors (Lipinski definition) is 3. The zero-order valence-electron chi connectivity index (χ0n) is 9.22. The zero-order chi connectivity index (χ0) is 12.3. The maximum Gasteiger partial charge on any atom is 0.321 e. The molecule has 1 aromatic rings. The average molecular weight is 238 g/mol. The minimum absolute atomic E-state index is 0.263. The highest BCUT2D eigenvalue weighted by Gasteiger charge is 2.28. The number of urea groups is 1. The molecule has 1 saturated heterocycles. The highest BCUT2D eigenvalue weighted by atomic mass is 16.4. The first-order valence-corrected chi connectivity index (χ1v) is 5.44. The Morgan fingerprint density at radius 1 is 1.59 bits per heavy atom. The van der Waals surface area contributed by atoms with Crippen LogP contribution in [0.1, 0.15) is 12.8 Å². The summed E-state index contributed by atoms with van der Waals surface area (Å²) in [5.74, 6) is -1.30. The van der Waals surface area contributed by atoms with Crippen molar-refractivity contribution >= 4 is 17.7 Å². The van der Waals surface area contributed by atoms with Crippen molar-refractivity contribution in [1.82, 2.24) is 15.1 Å². The van der Waals surface area contributed by atoms with Gasteiger partial charge in [-0.2, -0.15) is 5.10 Å². The smallest absolute Gasteiger partial charge is 0.321 e. The van der Waals surface area contributed by atoms with E-state index >= 15 is 0 Å². The van der Waals surface area contributed by atoms with Gasteiger partial charge in [-0.25, -0.2) is 4.79 Å². The summed E-state index contributed by atoms with van der Waals surface area (Å²) in [4.78, 5) is 24.2. The number of carboxylic acid groups (broad SMARTS) is 1. The molecule has 2 amide bonds. The molecular formula is C10H14N4O3. The minimum atomic E-state index is -0.842. The number of aromatic amines is 1. The maximum absolute atomic E-state index is 11.8. The van der Waals surface area contributed by atoms with E-state index in [0.29, 0.717) is 18.7 Å². The summed E-state index contributed by atoms with van der Waals surface area (Å²) in [6.45, 7) is 0.854. The lowest BCUT2D eigenvalue weighted by atomic mass is 9.99. The van der Waals surface area contributed by atoms with Crippen LogP contribution < -0.4 is 5.32 Å². The SMILES string of the molecule is O=C(O)[C@H]1CCCN(C(=O)Nc2cn[nH]c2)C1. The van der Waals surface area contributed by atoms with E-state index < -0.39 is 11.9 Å². The van der Waals surface area contributed by atoms with Crippen LogP contribution in [-0.4, -0.2) is 45.3 Å². The molecule has 2 rings (SSSR count). The predicted octanol–water partition coefficient (Wildman–Crippen LogP) is 0.738. The van der Waals surface area contributed by atoms with Crippen molar-refractivity contribution < 1.29 is 14.7 Å². The van der Waals surface area contributed by atoms with E-state index in [2.05, 4.69) is 15.5 Å². The second kappa shape index (κ2) is 4.86. The summed E-state index contributed by atoms with van der Waals surface area (Å²) in [7, 11) is 0. The van der Waals surface area contributed by atoms with Crippen molar-refractivity contribution in [1.29, 1.82) is 0 Å². The van der Waals surface area contributed by atoms with E-state index in [9.17, 15) is 9.59 Å². The van der Waals surface area contributed by atoms with Crippen molar-refractivity contribution in [3.8, 4) is 0 Å². The summed E-state index contributed by atoms with van der Waals surface area (Å²) < 4.78 is 0. The molecule has 1 aliphatic rings. The van der Waals surface area contributed by atoms with Gasteiger partial charge in [0.1, 0.15) is 0 Å². The summed E-state index contributed by atoms with van der Waals surface area (Å²) in [5, 5.41) is 17.9. The molecule has 0 radical (unpaired) electrons. The lowest BCUT2D eigenvalue weighted by Crippen LogP contribution is -2.44. The first-order valence-electron chi connectivity index (χ1n) is 5.44. The van der Waals surface area contributed by atoms with Gasteiger partial charge >= 0.3 is 12.0 Å². The maximum atomic E-state index is 11.8. The number of piperidine rings is 1. The van der Waals surface area contributed by atoms with Crippen LogP contribution in [0.4, 0.5) is 10.5 Å². The highest BCUT2D eigenvalue weighted by molar-refractivity contribution is 5.89. The molecule has 3 N–H and O–H groups in total. The third-order valence-electron chi connectivity index (χ3n) is 2.81. The fraction of sp³-hybridized carbons (Fsp3) is 0.500. The number of aromatic nitrogens is 2. The van der Waals surface area contributed by atoms with E-state index in [1.165, 1.54) is 11.1 Å². The number of likely N-dealkylation sites (tertiary alicyclic amines) is 1. The van der Waals surface area contributed by atoms with Gasteiger partial charge in [0, 0.05) is 19.3 Å². The minimum Gasteiger partial charge on any atom is -0.481 e. The highest BCUT2D eigenvalue weighted by Crippen LogP contribution is 2.17. The number of nitrogens with zero attached hydrogens (tertiary/aromatic N) is 2.